The molecular weight excluding hydrogens is 324 g/mol. The summed E-state index contributed by atoms with van der Waals surface area (Å²) in [5.41, 5.74) is 0.883. The number of allylic oxidation sites excluding steroid dienone is 1. The average Bonchev–Trinajstić information content (AvgIpc) is 2.57. The van der Waals surface area contributed by atoms with Gasteiger partial charge in [-0.3, -0.25) is 0 Å². The first-order valence-electron chi connectivity index (χ1n) is 11.1. The summed E-state index contributed by atoms with van der Waals surface area (Å²) in [7, 11) is 0. The number of esters is 1. The molecule has 154 valence electrons. The fraction of sp³-hybridized carbons (Fsp3) is 0.870. The molecule has 0 aromatic carbocycles. The molecule has 0 bridgehead atoms. The lowest BCUT2D eigenvalue weighted by atomic mass is 10.0. The van der Waals surface area contributed by atoms with E-state index >= 15 is 0 Å². The van der Waals surface area contributed by atoms with Gasteiger partial charge in [-0.05, 0) is 20.3 Å². The molecule has 0 heterocycles. The molecule has 0 aliphatic carbocycles. The van der Waals surface area contributed by atoms with Crippen molar-refractivity contribution in [3.05, 3.63) is 11.6 Å². The SMILES string of the molecule is CCCCCCCCCCCCCCCCCC(O)OC(=O)C=C(C)C. The zero-order chi connectivity index (χ0) is 19.5. The second-order valence-electron chi connectivity index (χ2n) is 7.85. The Hall–Kier alpha value is -0.830. The van der Waals surface area contributed by atoms with Gasteiger partial charge in [-0.1, -0.05) is 102 Å². The highest BCUT2D eigenvalue weighted by atomic mass is 16.6. The number of carbonyl (C=O) groups excluding carboxylic acids is 1. The van der Waals surface area contributed by atoms with E-state index in [1.54, 1.807) is 0 Å². The van der Waals surface area contributed by atoms with Crippen molar-refractivity contribution in [1.29, 1.82) is 0 Å². The summed E-state index contributed by atoms with van der Waals surface area (Å²) in [6, 6.07) is 0. The fourth-order valence-corrected chi connectivity index (χ4v) is 3.15. The lowest BCUT2D eigenvalue weighted by Gasteiger charge is -2.10. The molecule has 0 fully saturated rings. The van der Waals surface area contributed by atoms with Gasteiger partial charge in [0, 0.05) is 12.5 Å². The minimum absolute atomic E-state index is 0.446. The number of unbranched alkanes of at least 4 members (excludes halogenated alkanes) is 14. The van der Waals surface area contributed by atoms with Crippen LogP contribution in [-0.4, -0.2) is 17.4 Å². The highest BCUT2D eigenvalue weighted by Crippen LogP contribution is 2.14. The van der Waals surface area contributed by atoms with Crippen LogP contribution in [0.1, 0.15) is 124 Å². The molecule has 0 aliphatic heterocycles. The minimum Gasteiger partial charge on any atom is -0.433 e. The highest BCUT2D eigenvalue weighted by Gasteiger charge is 2.08. The molecule has 1 unspecified atom stereocenters. The van der Waals surface area contributed by atoms with Crippen LogP contribution in [0.5, 0.6) is 0 Å². The van der Waals surface area contributed by atoms with E-state index in [4.69, 9.17) is 4.74 Å². The Kier molecular flexibility index (Phi) is 18.3. The van der Waals surface area contributed by atoms with Gasteiger partial charge in [-0.15, -0.1) is 0 Å². The molecule has 0 rings (SSSR count). The Morgan fingerprint density at radius 2 is 1.15 bits per heavy atom. The number of aliphatic hydroxyl groups excluding tert-OH is 1. The van der Waals surface area contributed by atoms with Crippen LogP contribution < -0.4 is 0 Å². The summed E-state index contributed by atoms with van der Waals surface area (Å²) in [5.74, 6) is -0.446. The Balaban J connectivity index is 3.24. The normalized spacial score (nSPS) is 12.0. The summed E-state index contributed by atoms with van der Waals surface area (Å²) >= 11 is 0. The van der Waals surface area contributed by atoms with Crippen molar-refractivity contribution in [2.45, 2.75) is 130 Å². The first-order chi connectivity index (χ1) is 12.6. The average molecular weight is 369 g/mol. The third-order valence-corrected chi connectivity index (χ3v) is 4.71. The van der Waals surface area contributed by atoms with Crippen LogP contribution in [0.2, 0.25) is 0 Å². The molecule has 0 amide bonds. The Labute approximate surface area is 162 Å². The zero-order valence-corrected chi connectivity index (χ0v) is 17.7. The first-order valence-corrected chi connectivity index (χ1v) is 11.1. The maximum Gasteiger partial charge on any atom is 0.332 e. The van der Waals surface area contributed by atoms with Gasteiger partial charge < -0.3 is 9.84 Å². The maximum absolute atomic E-state index is 11.4. The van der Waals surface area contributed by atoms with E-state index in [1.807, 2.05) is 13.8 Å². The predicted molar refractivity (Wildman–Crippen MR) is 111 cm³/mol. The third-order valence-electron chi connectivity index (χ3n) is 4.71. The van der Waals surface area contributed by atoms with Crippen molar-refractivity contribution in [3.8, 4) is 0 Å². The molecule has 26 heavy (non-hydrogen) atoms. The lowest BCUT2D eigenvalue weighted by Crippen LogP contribution is -2.16. The quantitative estimate of drug-likeness (QED) is 0.122. The topological polar surface area (TPSA) is 46.5 Å². The molecule has 1 atom stereocenters. The fourth-order valence-electron chi connectivity index (χ4n) is 3.15. The van der Waals surface area contributed by atoms with Crippen molar-refractivity contribution < 1.29 is 14.6 Å². The van der Waals surface area contributed by atoms with Gasteiger partial charge in [-0.2, -0.15) is 0 Å². The Morgan fingerprint density at radius 3 is 1.54 bits per heavy atom. The number of hydrogen-bond donors (Lipinski definition) is 1. The lowest BCUT2D eigenvalue weighted by molar-refractivity contribution is -0.162. The van der Waals surface area contributed by atoms with Gasteiger partial charge in [0.25, 0.3) is 0 Å². The smallest absolute Gasteiger partial charge is 0.332 e. The molecule has 1 N–H and O–H groups in total. The molecule has 0 saturated heterocycles. The highest BCUT2D eigenvalue weighted by molar-refractivity contribution is 5.82. The molecule has 0 saturated carbocycles. The zero-order valence-electron chi connectivity index (χ0n) is 17.7. The largest absolute Gasteiger partial charge is 0.433 e. The maximum atomic E-state index is 11.4. The van der Waals surface area contributed by atoms with Crippen LogP contribution in [-0.2, 0) is 9.53 Å². The van der Waals surface area contributed by atoms with Crippen molar-refractivity contribution >= 4 is 5.97 Å². The van der Waals surface area contributed by atoms with Crippen LogP contribution in [0.3, 0.4) is 0 Å². The second kappa shape index (κ2) is 18.9. The standard InChI is InChI=1S/C23H44O3/c1-4-5-6-7-8-9-10-11-12-13-14-15-16-17-18-19-22(24)26-23(25)20-21(2)3/h20,22,24H,4-19H2,1-3H3. The van der Waals surface area contributed by atoms with E-state index in [2.05, 4.69) is 6.92 Å². The summed E-state index contributed by atoms with van der Waals surface area (Å²) < 4.78 is 4.92. The van der Waals surface area contributed by atoms with Crippen LogP contribution in [0, 0.1) is 0 Å². The molecule has 3 heteroatoms. The van der Waals surface area contributed by atoms with Crippen molar-refractivity contribution in [2.75, 3.05) is 0 Å². The van der Waals surface area contributed by atoms with E-state index in [1.165, 1.54) is 89.5 Å². The number of ether oxygens (including phenoxy) is 1. The van der Waals surface area contributed by atoms with E-state index in [0.717, 1.165) is 18.4 Å². The Bertz CT molecular complexity index is 345. The van der Waals surface area contributed by atoms with E-state index in [0.29, 0.717) is 6.42 Å². The third kappa shape index (κ3) is 19.5. The predicted octanol–water partition coefficient (Wildman–Crippen LogP) is 7.08. The van der Waals surface area contributed by atoms with Crippen LogP contribution in [0.25, 0.3) is 0 Å². The number of hydrogen-bond acceptors (Lipinski definition) is 3. The number of carbonyl (C=O) groups is 1. The summed E-state index contributed by atoms with van der Waals surface area (Å²) in [4.78, 5) is 11.4. The molecule has 0 aromatic rings. The van der Waals surface area contributed by atoms with Crippen LogP contribution in [0.15, 0.2) is 11.6 Å². The molecular formula is C23H44O3. The van der Waals surface area contributed by atoms with Gasteiger partial charge in [-0.25, -0.2) is 4.79 Å². The summed E-state index contributed by atoms with van der Waals surface area (Å²) in [6.45, 7) is 5.94. The van der Waals surface area contributed by atoms with Crippen LogP contribution in [0.4, 0.5) is 0 Å². The first kappa shape index (κ1) is 25.2. The number of rotatable bonds is 18. The Morgan fingerprint density at radius 1 is 0.769 bits per heavy atom. The molecule has 0 radical (unpaired) electrons. The monoisotopic (exact) mass is 368 g/mol. The molecule has 3 nitrogen and oxygen atoms in total. The van der Waals surface area contributed by atoms with Gasteiger partial charge in [0.1, 0.15) is 0 Å². The number of aliphatic hydroxyl groups is 1. The van der Waals surface area contributed by atoms with Gasteiger partial charge in [0.2, 0.25) is 6.29 Å². The van der Waals surface area contributed by atoms with Gasteiger partial charge in [0.15, 0.2) is 0 Å². The minimum atomic E-state index is -0.958. The van der Waals surface area contributed by atoms with Crippen molar-refractivity contribution in [3.63, 3.8) is 0 Å². The van der Waals surface area contributed by atoms with Crippen LogP contribution >= 0.6 is 0 Å². The second-order valence-corrected chi connectivity index (χ2v) is 7.85. The summed E-state index contributed by atoms with van der Waals surface area (Å²) in [5, 5.41) is 9.66. The summed E-state index contributed by atoms with van der Waals surface area (Å²) in [6.07, 6.45) is 20.8. The molecule has 0 spiro atoms. The van der Waals surface area contributed by atoms with Gasteiger partial charge >= 0.3 is 5.97 Å². The molecule has 0 aromatic heterocycles. The van der Waals surface area contributed by atoms with E-state index in [9.17, 15) is 9.90 Å². The van der Waals surface area contributed by atoms with E-state index in [-0.39, 0.29) is 0 Å². The van der Waals surface area contributed by atoms with Crippen molar-refractivity contribution in [2.24, 2.45) is 0 Å². The van der Waals surface area contributed by atoms with E-state index < -0.39 is 12.3 Å². The molecule has 0 aliphatic rings. The van der Waals surface area contributed by atoms with Crippen molar-refractivity contribution in [1.82, 2.24) is 0 Å². The van der Waals surface area contributed by atoms with Gasteiger partial charge in [0.05, 0.1) is 0 Å².